The summed E-state index contributed by atoms with van der Waals surface area (Å²) >= 11 is 0. The zero-order valence-electron chi connectivity index (χ0n) is 9.25. The molecule has 17 heavy (non-hydrogen) atoms. The molecule has 1 aromatic heterocycles. The molecule has 3 rings (SSSR count). The molecule has 3 nitrogen and oxygen atoms in total. The summed E-state index contributed by atoms with van der Waals surface area (Å²) in [5.41, 5.74) is 1.74. The van der Waals surface area contributed by atoms with Crippen LogP contribution in [0.4, 0.5) is 4.39 Å². The Hall–Kier alpha value is -1.68. The quantitative estimate of drug-likeness (QED) is 0.818. The van der Waals surface area contributed by atoms with Gasteiger partial charge in [-0.3, -0.25) is 0 Å². The number of imidazole rings is 1. The summed E-state index contributed by atoms with van der Waals surface area (Å²) in [6, 6.07) is 4.59. The first kappa shape index (κ1) is 10.5. The summed E-state index contributed by atoms with van der Waals surface area (Å²) in [5.74, 6) is -0.297. The van der Waals surface area contributed by atoms with E-state index >= 15 is 0 Å². The van der Waals surface area contributed by atoms with Crippen molar-refractivity contribution in [3.05, 3.63) is 53.9 Å². The minimum absolute atomic E-state index is 0.0493. The van der Waals surface area contributed by atoms with E-state index in [4.69, 9.17) is 0 Å². The standard InChI is InChI=1S/C13H13FN2O/c14-10-3-1-9-2-4-12(13(17)11(9)7-10)16-6-5-15-8-16/h1,3,5-8,12-13,17H,2,4H2. The molecule has 0 aliphatic heterocycles. The molecule has 1 aliphatic rings. The second kappa shape index (κ2) is 3.96. The topological polar surface area (TPSA) is 38.0 Å². The number of aryl methyl sites for hydroxylation is 1. The lowest BCUT2D eigenvalue weighted by atomic mass is 9.85. The van der Waals surface area contributed by atoms with Gasteiger partial charge in [0.15, 0.2) is 0 Å². The first-order valence-corrected chi connectivity index (χ1v) is 5.69. The highest BCUT2D eigenvalue weighted by atomic mass is 19.1. The smallest absolute Gasteiger partial charge is 0.123 e. The van der Waals surface area contributed by atoms with E-state index in [1.807, 2.05) is 10.8 Å². The van der Waals surface area contributed by atoms with E-state index in [0.717, 1.165) is 18.4 Å². The Kier molecular flexibility index (Phi) is 2.44. The van der Waals surface area contributed by atoms with Gasteiger partial charge < -0.3 is 9.67 Å². The van der Waals surface area contributed by atoms with E-state index in [1.54, 1.807) is 18.6 Å². The molecule has 0 saturated heterocycles. The van der Waals surface area contributed by atoms with Gasteiger partial charge in [0.05, 0.1) is 12.4 Å². The maximum atomic E-state index is 13.2. The van der Waals surface area contributed by atoms with E-state index in [1.165, 1.54) is 12.1 Å². The molecule has 1 N–H and O–H groups in total. The first-order valence-electron chi connectivity index (χ1n) is 5.69. The van der Waals surface area contributed by atoms with E-state index in [2.05, 4.69) is 4.98 Å². The predicted molar refractivity (Wildman–Crippen MR) is 60.9 cm³/mol. The third kappa shape index (κ3) is 1.74. The molecule has 0 spiro atoms. The van der Waals surface area contributed by atoms with Gasteiger partial charge in [-0.2, -0.15) is 0 Å². The largest absolute Gasteiger partial charge is 0.386 e. The van der Waals surface area contributed by atoms with Crippen LogP contribution in [-0.2, 0) is 6.42 Å². The third-order valence-electron chi connectivity index (χ3n) is 3.41. The number of hydrogen-bond donors (Lipinski definition) is 1. The molecular formula is C13H13FN2O. The monoisotopic (exact) mass is 232 g/mol. The van der Waals surface area contributed by atoms with Crippen molar-refractivity contribution in [2.24, 2.45) is 0 Å². The number of fused-ring (bicyclic) bond motifs is 1. The lowest BCUT2D eigenvalue weighted by molar-refractivity contribution is 0.0985. The SMILES string of the molecule is OC1c2cc(F)ccc2CCC1n1ccnc1. The first-order chi connectivity index (χ1) is 8.25. The molecule has 0 amide bonds. The Bertz CT molecular complexity index is 524. The van der Waals surface area contributed by atoms with Crippen LogP contribution < -0.4 is 0 Å². The van der Waals surface area contributed by atoms with Crippen molar-refractivity contribution in [2.45, 2.75) is 25.0 Å². The van der Waals surface area contributed by atoms with Gasteiger partial charge in [0, 0.05) is 12.4 Å². The van der Waals surface area contributed by atoms with Crippen LogP contribution in [0.5, 0.6) is 0 Å². The van der Waals surface area contributed by atoms with Crippen molar-refractivity contribution in [3.8, 4) is 0 Å². The summed E-state index contributed by atoms with van der Waals surface area (Å²) in [5, 5.41) is 10.3. The summed E-state index contributed by atoms with van der Waals surface area (Å²) < 4.78 is 15.1. The fraction of sp³-hybridized carbons (Fsp3) is 0.308. The van der Waals surface area contributed by atoms with Crippen LogP contribution in [0, 0.1) is 5.82 Å². The highest BCUT2D eigenvalue weighted by molar-refractivity contribution is 5.33. The molecule has 2 unspecified atom stereocenters. The van der Waals surface area contributed by atoms with Crippen LogP contribution in [0.15, 0.2) is 36.9 Å². The minimum Gasteiger partial charge on any atom is -0.386 e. The fourth-order valence-electron chi connectivity index (χ4n) is 2.52. The van der Waals surface area contributed by atoms with Gasteiger partial charge in [-0.15, -0.1) is 0 Å². The van der Waals surface area contributed by atoms with E-state index in [0.29, 0.717) is 5.56 Å². The summed E-state index contributed by atoms with van der Waals surface area (Å²) in [6.45, 7) is 0. The van der Waals surface area contributed by atoms with Crippen LogP contribution in [0.3, 0.4) is 0 Å². The minimum atomic E-state index is -0.663. The van der Waals surface area contributed by atoms with Gasteiger partial charge in [-0.05, 0) is 36.1 Å². The molecule has 0 radical (unpaired) electrons. The normalized spacial score (nSPS) is 23.4. The number of rotatable bonds is 1. The molecule has 0 bridgehead atoms. The van der Waals surface area contributed by atoms with Crippen molar-refractivity contribution in [3.63, 3.8) is 0 Å². The number of aliphatic hydroxyl groups is 1. The number of aliphatic hydroxyl groups excluding tert-OH is 1. The Morgan fingerprint density at radius 3 is 3.06 bits per heavy atom. The highest BCUT2D eigenvalue weighted by Gasteiger charge is 2.29. The molecule has 88 valence electrons. The summed E-state index contributed by atoms with van der Waals surface area (Å²) in [7, 11) is 0. The Morgan fingerprint density at radius 1 is 1.41 bits per heavy atom. The average molecular weight is 232 g/mol. The lowest BCUT2D eigenvalue weighted by Crippen LogP contribution is -2.23. The molecule has 0 fully saturated rings. The molecule has 2 aromatic rings. The zero-order chi connectivity index (χ0) is 11.8. The number of hydrogen-bond acceptors (Lipinski definition) is 2. The number of halogens is 1. The second-order valence-electron chi connectivity index (χ2n) is 4.40. The lowest BCUT2D eigenvalue weighted by Gasteiger charge is -2.30. The Labute approximate surface area is 98.5 Å². The fourth-order valence-corrected chi connectivity index (χ4v) is 2.52. The third-order valence-corrected chi connectivity index (χ3v) is 3.41. The van der Waals surface area contributed by atoms with Gasteiger partial charge >= 0.3 is 0 Å². The van der Waals surface area contributed by atoms with Gasteiger partial charge in [0.25, 0.3) is 0 Å². The van der Waals surface area contributed by atoms with Gasteiger partial charge in [0.2, 0.25) is 0 Å². The van der Waals surface area contributed by atoms with E-state index in [9.17, 15) is 9.50 Å². The summed E-state index contributed by atoms with van der Waals surface area (Å²) in [4.78, 5) is 3.98. The van der Waals surface area contributed by atoms with Gasteiger partial charge in [-0.25, -0.2) is 9.37 Å². The Balaban J connectivity index is 2.00. The second-order valence-corrected chi connectivity index (χ2v) is 4.40. The maximum Gasteiger partial charge on any atom is 0.123 e. The van der Waals surface area contributed by atoms with E-state index in [-0.39, 0.29) is 11.9 Å². The number of aromatic nitrogens is 2. The van der Waals surface area contributed by atoms with Crippen LogP contribution in [0.1, 0.15) is 29.7 Å². The van der Waals surface area contributed by atoms with Crippen LogP contribution in [0.2, 0.25) is 0 Å². The molecule has 1 aliphatic carbocycles. The number of nitrogens with zero attached hydrogens (tertiary/aromatic N) is 2. The maximum absolute atomic E-state index is 13.2. The molecule has 2 atom stereocenters. The summed E-state index contributed by atoms with van der Waals surface area (Å²) in [6.07, 6.45) is 6.25. The average Bonchev–Trinajstić information content (AvgIpc) is 2.84. The van der Waals surface area contributed by atoms with E-state index < -0.39 is 6.10 Å². The zero-order valence-corrected chi connectivity index (χ0v) is 9.25. The molecular weight excluding hydrogens is 219 g/mol. The van der Waals surface area contributed by atoms with Gasteiger partial charge in [0.1, 0.15) is 11.9 Å². The van der Waals surface area contributed by atoms with Crippen molar-refractivity contribution < 1.29 is 9.50 Å². The molecule has 1 heterocycles. The Morgan fingerprint density at radius 2 is 2.29 bits per heavy atom. The van der Waals surface area contributed by atoms with Crippen LogP contribution in [0.25, 0.3) is 0 Å². The van der Waals surface area contributed by atoms with Crippen LogP contribution in [-0.4, -0.2) is 14.7 Å². The molecule has 1 aromatic carbocycles. The van der Waals surface area contributed by atoms with Crippen molar-refractivity contribution in [1.29, 1.82) is 0 Å². The highest BCUT2D eigenvalue weighted by Crippen LogP contribution is 2.37. The molecule has 4 heteroatoms. The molecule has 0 saturated carbocycles. The van der Waals surface area contributed by atoms with Gasteiger partial charge in [-0.1, -0.05) is 6.07 Å². The van der Waals surface area contributed by atoms with Crippen molar-refractivity contribution >= 4 is 0 Å². The number of benzene rings is 1. The van der Waals surface area contributed by atoms with Crippen molar-refractivity contribution in [2.75, 3.05) is 0 Å². The predicted octanol–water partition coefficient (Wildman–Crippen LogP) is 2.24. The van der Waals surface area contributed by atoms with Crippen molar-refractivity contribution in [1.82, 2.24) is 9.55 Å². The van der Waals surface area contributed by atoms with Crippen LogP contribution >= 0.6 is 0 Å².